The van der Waals surface area contributed by atoms with Gasteiger partial charge in [-0.05, 0) is 41.5 Å². The molecule has 5 rings (SSSR count). The van der Waals surface area contributed by atoms with Crippen LogP contribution in [-0.2, 0) is 11.8 Å². The lowest BCUT2D eigenvalue weighted by molar-refractivity contribution is -0.129. The molecule has 0 unspecified atom stereocenters. The highest BCUT2D eigenvalue weighted by molar-refractivity contribution is 6.01. The van der Waals surface area contributed by atoms with Gasteiger partial charge in [-0.25, -0.2) is 4.99 Å². The summed E-state index contributed by atoms with van der Waals surface area (Å²) in [6, 6.07) is 14.2. The van der Waals surface area contributed by atoms with E-state index in [1.165, 1.54) is 23.3 Å². The van der Waals surface area contributed by atoms with E-state index < -0.39 is 5.92 Å². The van der Waals surface area contributed by atoms with Crippen LogP contribution < -0.4 is 5.73 Å². The molecule has 1 aliphatic carbocycles. The van der Waals surface area contributed by atoms with E-state index in [-0.39, 0.29) is 17.9 Å². The molecule has 6 nitrogen and oxygen atoms in total. The Bertz CT molecular complexity index is 1090. The molecule has 6 heteroatoms. The molecule has 3 aromatic rings. The Morgan fingerprint density at radius 1 is 1.00 bits per heavy atom. The van der Waals surface area contributed by atoms with Crippen molar-refractivity contribution in [2.24, 2.45) is 17.8 Å². The van der Waals surface area contributed by atoms with Crippen molar-refractivity contribution < 1.29 is 4.79 Å². The fourth-order valence-electron chi connectivity index (χ4n) is 4.08. The summed E-state index contributed by atoms with van der Waals surface area (Å²) in [5.74, 6) is 0.515. The Hall–Kier alpha value is -3.15. The van der Waals surface area contributed by atoms with E-state index in [2.05, 4.69) is 29.4 Å². The number of likely N-dealkylation sites (N-methyl/N-ethyl adjacent to an activating group) is 1. The van der Waals surface area contributed by atoms with Gasteiger partial charge in [-0.15, -0.1) is 0 Å². The molecular formula is C22H23N5O. The van der Waals surface area contributed by atoms with E-state index in [1.54, 1.807) is 11.7 Å². The second-order valence-corrected chi connectivity index (χ2v) is 7.87. The predicted octanol–water partition coefficient (Wildman–Crippen LogP) is 3.06. The van der Waals surface area contributed by atoms with Gasteiger partial charge in [0.25, 0.3) is 0 Å². The third-order valence-electron chi connectivity index (χ3n) is 5.86. The van der Waals surface area contributed by atoms with Crippen LogP contribution in [0, 0.1) is 0 Å². The number of nitrogens with zero attached hydrogens (tertiary/aromatic N) is 4. The first-order chi connectivity index (χ1) is 13.5. The summed E-state index contributed by atoms with van der Waals surface area (Å²) in [6.07, 6.45) is 4.50. The summed E-state index contributed by atoms with van der Waals surface area (Å²) in [7, 11) is 3.59. The van der Waals surface area contributed by atoms with Crippen molar-refractivity contribution in [2.45, 2.75) is 30.7 Å². The van der Waals surface area contributed by atoms with Crippen molar-refractivity contribution in [1.82, 2.24) is 14.7 Å². The van der Waals surface area contributed by atoms with Gasteiger partial charge in [-0.3, -0.25) is 14.4 Å². The third kappa shape index (κ3) is 2.76. The molecular weight excluding hydrogens is 350 g/mol. The van der Waals surface area contributed by atoms with Crippen molar-refractivity contribution in [3.63, 3.8) is 0 Å². The van der Waals surface area contributed by atoms with Crippen molar-refractivity contribution >= 4 is 22.8 Å². The molecule has 28 heavy (non-hydrogen) atoms. The van der Waals surface area contributed by atoms with Crippen LogP contribution in [-0.4, -0.2) is 33.6 Å². The first kappa shape index (κ1) is 17.0. The molecule has 0 radical (unpaired) electrons. The number of benzene rings is 2. The van der Waals surface area contributed by atoms with Gasteiger partial charge in [-0.2, -0.15) is 5.10 Å². The predicted molar refractivity (Wildman–Crippen MR) is 109 cm³/mol. The van der Waals surface area contributed by atoms with Crippen LogP contribution in [0.15, 0.2) is 53.7 Å². The van der Waals surface area contributed by atoms with Crippen molar-refractivity contribution in [2.75, 3.05) is 7.05 Å². The topological polar surface area (TPSA) is 76.5 Å². The molecule has 142 valence electrons. The lowest BCUT2D eigenvalue weighted by atomic mass is 9.84. The van der Waals surface area contributed by atoms with E-state index in [9.17, 15) is 4.79 Å². The van der Waals surface area contributed by atoms with Gasteiger partial charge in [0.1, 0.15) is 0 Å². The van der Waals surface area contributed by atoms with Gasteiger partial charge >= 0.3 is 0 Å². The monoisotopic (exact) mass is 373 g/mol. The fraction of sp³-hybridized carbons (Fsp3) is 0.318. The molecule has 2 N–H and O–H groups in total. The number of carbonyl (C=O) groups excluding carboxylic acids is 1. The minimum Gasteiger partial charge on any atom is -0.369 e. The molecule has 1 aromatic heterocycles. The average molecular weight is 373 g/mol. The highest BCUT2D eigenvalue weighted by atomic mass is 16.2. The molecule has 2 heterocycles. The average Bonchev–Trinajstić information content (AvgIpc) is 3.47. The maximum Gasteiger partial charge on any atom is 0.239 e. The standard InChI is InChI=1S/C22H23N5O/c1-26-12-17-10-9-16(11-18(17)25-26)20-19(21(28)27(2)22(23)24-20)15-7-5-14(6-8-15)13-3-4-13/h5-13,19-20H,3-4H2,1-2H3,(H2,23,24)/t19-,20+/m0/s1. The Morgan fingerprint density at radius 2 is 1.68 bits per heavy atom. The number of carbonyl (C=O) groups is 1. The van der Waals surface area contributed by atoms with E-state index in [0.29, 0.717) is 5.92 Å². The fourth-order valence-corrected chi connectivity index (χ4v) is 4.08. The Morgan fingerprint density at radius 3 is 2.39 bits per heavy atom. The second-order valence-electron chi connectivity index (χ2n) is 7.87. The van der Waals surface area contributed by atoms with E-state index in [4.69, 9.17) is 10.7 Å². The molecule has 0 bridgehead atoms. The number of aryl methyl sites for hydroxylation is 1. The number of aromatic nitrogens is 2. The summed E-state index contributed by atoms with van der Waals surface area (Å²) in [6.45, 7) is 0. The molecule has 1 amide bonds. The van der Waals surface area contributed by atoms with Crippen LogP contribution in [0.4, 0.5) is 0 Å². The second kappa shape index (κ2) is 6.19. The number of nitrogens with two attached hydrogens (primary N) is 1. The van der Waals surface area contributed by atoms with E-state index in [1.807, 2.05) is 31.4 Å². The highest BCUT2D eigenvalue weighted by Crippen LogP contribution is 2.42. The van der Waals surface area contributed by atoms with Crippen LogP contribution >= 0.6 is 0 Å². The van der Waals surface area contributed by atoms with Crippen molar-refractivity contribution in [3.8, 4) is 0 Å². The summed E-state index contributed by atoms with van der Waals surface area (Å²) < 4.78 is 1.79. The molecule has 1 aliphatic heterocycles. The number of amides is 1. The van der Waals surface area contributed by atoms with Gasteiger partial charge in [0.2, 0.25) is 5.91 Å². The number of fused-ring (bicyclic) bond motifs is 1. The van der Waals surface area contributed by atoms with Gasteiger partial charge < -0.3 is 5.73 Å². The minimum atomic E-state index is -0.397. The maximum absolute atomic E-state index is 13.2. The zero-order valence-corrected chi connectivity index (χ0v) is 16.0. The zero-order valence-electron chi connectivity index (χ0n) is 16.0. The number of rotatable bonds is 3. The molecule has 2 aromatic carbocycles. The van der Waals surface area contributed by atoms with Gasteiger partial charge in [0.05, 0.1) is 17.5 Å². The largest absolute Gasteiger partial charge is 0.369 e. The lowest BCUT2D eigenvalue weighted by Gasteiger charge is -2.33. The Labute approximate surface area is 163 Å². The number of aliphatic imine (C=N–C) groups is 1. The third-order valence-corrected chi connectivity index (χ3v) is 5.86. The van der Waals surface area contributed by atoms with Crippen LogP contribution in [0.3, 0.4) is 0 Å². The van der Waals surface area contributed by atoms with Crippen LogP contribution in [0.1, 0.15) is 47.4 Å². The normalized spacial score (nSPS) is 22.6. The highest BCUT2D eigenvalue weighted by Gasteiger charge is 2.38. The summed E-state index contributed by atoms with van der Waals surface area (Å²) >= 11 is 0. The molecule has 2 atom stereocenters. The number of hydrogen-bond donors (Lipinski definition) is 1. The quantitative estimate of drug-likeness (QED) is 0.766. The Kier molecular flexibility index (Phi) is 3.75. The SMILES string of the molecule is CN1C(=O)[C@@H](c2ccc(C3CC3)cc2)[C@@H](c2ccc3cn(C)nc3c2)N=C1N. The molecule has 0 spiro atoms. The summed E-state index contributed by atoms with van der Waals surface area (Å²) in [4.78, 5) is 19.3. The van der Waals surface area contributed by atoms with Crippen LogP contribution in [0.5, 0.6) is 0 Å². The summed E-state index contributed by atoms with van der Waals surface area (Å²) in [5, 5.41) is 5.56. The summed E-state index contributed by atoms with van der Waals surface area (Å²) in [5.41, 5.74) is 10.2. The first-order valence-corrected chi connectivity index (χ1v) is 9.65. The molecule has 1 saturated carbocycles. The van der Waals surface area contributed by atoms with Crippen molar-refractivity contribution in [3.05, 3.63) is 65.4 Å². The van der Waals surface area contributed by atoms with Gasteiger partial charge in [-0.1, -0.05) is 36.4 Å². The Balaban J connectivity index is 1.59. The molecule has 2 aliphatic rings. The van der Waals surface area contributed by atoms with Crippen LogP contribution in [0.2, 0.25) is 0 Å². The van der Waals surface area contributed by atoms with E-state index in [0.717, 1.165) is 22.0 Å². The smallest absolute Gasteiger partial charge is 0.239 e. The molecule has 1 fully saturated rings. The maximum atomic E-state index is 13.2. The lowest BCUT2D eigenvalue weighted by Crippen LogP contribution is -2.46. The van der Waals surface area contributed by atoms with E-state index >= 15 is 0 Å². The van der Waals surface area contributed by atoms with Gasteiger partial charge in [0, 0.05) is 25.7 Å². The number of hydrogen-bond acceptors (Lipinski definition) is 4. The van der Waals surface area contributed by atoms with Gasteiger partial charge in [0.15, 0.2) is 5.96 Å². The number of guanidine groups is 1. The zero-order chi connectivity index (χ0) is 19.4. The van der Waals surface area contributed by atoms with Crippen LogP contribution in [0.25, 0.3) is 10.9 Å². The first-order valence-electron chi connectivity index (χ1n) is 9.65. The minimum absolute atomic E-state index is 0.0298. The molecule has 0 saturated heterocycles. The van der Waals surface area contributed by atoms with Crippen molar-refractivity contribution in [1.29, 1.82) is 0 Å².